The summed E-state index contributed by atoms with van der Waals surface area (Å²) in [6.07, 6.45) is 0.595. The topological polar surface area (TPSA) is 78.8 Å². The summed E-state index contributed by atoms with van der Waals surface area (Å²) >= 11 is 0. The maximum absolute atomic E-state index is 13.3. The van der Waals surface area contributed by atoms with Gasteiger partial charge in [0.05, 0.1) is 12.5 Å². The Bertz CT molecular complexity index is 864. The van der Waals surface area contributed by atoms with Crippen molar-refractivity contribution in [2.75, 3.05) is 7.11 Å². The Morgan fingerprint density at radius 2 is 1.63 bits per heavy atom. The predicted octanol–water partition coefficient (Wildman–Crippen LogP) is 4.68. The standard InChI is InChI=1S/C23H27F2NO4/c1-22(21(27)26-29,23(2,28)20(24)25)15-5-4-6-16-7-9-17(10-8-16)18-11-13-19(30-3)14-12-18/h4,6-14,20,28-29H,5,15H2,1-3H3,(H,26,27)/b6-4+/t22-,23-/m1/s1. The molecule has 3 N–H and O–H groups in total. The molecule has 5 nitrogen and oxygen atoms in total. The van der Waals surface area contributed by atoms with E-state index in [0.29, 0.717) is 0 Å². The van der Waals surface area contributed by atoms with Crippen LogP contribution in [0, 0.1) is 5.41 Å². The fourth-order valence-electron chi connectivity index (χ4n) is 3.12. The third-order valence-corrected chi connectivity index (χ3v) is 5.60. The molecular weight excluding hydrogens is 392 g/mol. The molecule has 0 saturated heterocycles. The van der Waals surface area contributed by atoms with E-state index in [1.807, 2.05) is 54.6 Å². The number of aliphatic hydroxyl groups is 1. The Morgan fingerprint density at radius 3 is 2.10 bits per heavy atom. The van der Waals surface area contributed by atoms with Crippen LogP contribution in [0.4, 0.5) is 8.78 Å². The van der Waals surface area contributed by atoms with Gasteiger partial charge in [-0.15, -0.1) is 0 Å². The monoisotopic (exact) mass is 419 g/mol. The van der Waals surface area contributed by atoms with Crippen LogP contribution in [-0.4, -0.2) is 35.4 Å². The summed E-state index contributed by atoms with van der Waals surface area (Å²) in [4.78, 5) is 12.0. The number of halogens is 2. The molecular formula is C23H27F2NO4. The number of ether oxygens (including phenoxy) is 1. The van der Waals surface area contributed by atoms with Crippen LogP contribution in [0.15, 0.2) is 54.6 Å². The molecule has 1 amide bonds. The molecule has 2 rings (SSSR count). The zero-order valence-electron chi connectivity index (χ0n) is 17.2. The zero-order valence-corrected chi connectivity index (χ0v) is 17.2. The number of hydroxylamine groups is 1. The minimum atomic E-state index is -3.14. The quantitative estimate of drug-likeness (QED) is 0.407. The van der Waals surface area contributed by atoms with Crippen molar-refractivity contribution in [3.63, 3.8) is 0 Å². The lowest BCUT2D eigenvalue weighted by Gasteiger charge is -2.40. The van der Waals surface area contributed by atoms with Gasteiger partial charge in [-0.2, -0.15) is 0 Å². The normalized spacial score (nSPS) is 15.6. The number of hydrogen-bond donors (Lipinski definition) is 3. The summed E-state index contributed by atoms with van der Waals surface area (Å²) in [5.41, 5.74) is -0.0739. The lowest BCUT2D eigenvalue weighted by Crippen LogP contribution is -2.57. The van der Waals surface area contributed by atoms with E-state index >= 15 is 0 Å². The highest BCUT2D eigenvalue weighted by Crippen LogP contribution is 2.40. The van der Waals surface area contributed by atoms with Crippen LogP contribution in [0.1, 0.15) is 32.3 Å². The van der Waals surface area contributed by atoms with Crippen molar-refractivity contribution in [3.05, 3.63) is 60.2 Å². The smallest absolute Gasteiger partial charge is 0.267 e. The first-order chi connectivity index (χ1) is 14.2. The summed E-state index contributed by atoms with van der Waals surface area (Å²) in [5, 5.41) is 19.1. The third-order valence-electron chi connectivity index (χ3n) is 5.60. The van der Waals surface area contributed by atoms with Crippen LogP contribution in [0.2, 0.25) is 0 Å². The highest BCUT2D eigenvalue weighted by Gasteiger charge is 2.54. The Kier molecular flexibility index (Phi) is 7.70. The van der Waals surface area contributed by atoms with E-state index in [4.69, 9.17) is 9.94 Å². The number of allylic oxidation sites excluding steroid dienone is 1. The molecule has 7 heteroatoms. The maximum Gasteiger partial charge on any atom is 0.267 e. The number of carbonyl (C=O) groups is 1. The molecule has 2 aromatic carbocycles. The summed E-state index contributed by atoms with van der Waals surface area (Å²) in [6.45, 7) is 2.11. The Morgan fingerprint density at radius 1 is 1.10 bits per heavy atom. The summed E-state index contributed by atoms with van der Waals surface area (Å²) in [7, 11) is 1.61. The van der Waals surface area contributed by atoms with Gasteiger partial charge in [0.1, 0.15) is 11.4 Å². The fourth-order valence-corrected chi connectivity index (χ4v) is 3.12. The van der Waals surface area contributed by atoms with E-state index in [0.717, 1.165) is 29.4 Å². The van der Waals surface area contributed by atoms with Gasteiger partial charge in [-0.05, 0) is 55.5 Å². The number of methoxy groups -OCH3 is 1. The molecule has 0 bridgehead atoms. The number of benzene rings is 2. The van der Waals surface area contributed by atoms with Gasteiger partial charge in [-0.3, -0.25) is 10.0 Å². The molecule has 0 aromatic heterocycles. The van der Waals surface area contributed by atoms with Crippen molar-refractivity contribution < 1.29 is 28.6 Å². The van der Waals surface area contributed by atoms with Gasteiger partial charge in [0, 0.05) is 0 Å². The first-order valence-electron chi connectivity index (χ1n) is 9.52. The van der Waals surface area contributed by atoms with Gasteiger partial charge in [-0.25, -0.2) is 14.3 Å². The highest BCUT2D eigenvalue weighted by molar-refractivity contribution is 5.82. The van der Waals surface area contributed by atoms with Crippen molar-refractivity contribution in [3.8, 4) is 16.9 Å². The van der Waals surface area contributed by atoms with Crippen LogP contribution in [0.3, 0.4) is 0 Å². The molecule has 0 saturated carbocycles. The van der Waals surface area contributed by atoms with E-state index in [-0.39, 0.29) is 12.8 Å². The first kappa shape index (κ1) is 23.5. The maximum atomic E-state index is 13.3. The SMILES string of the molecule is COc1ccc(-c2ccc(/C=C/CC[C@](C)(C(=O)NO)[C@](C)(O)C(F)F)cc2)cc1. The molecule has 2 aromatic rings. The number of amides is 1. The fraction of sp³-hybridized carbons (Fsp3) is 0.348. The predicted molar refractivity (Wildman–Crippen MR) is 111 cm³/mol. The summed E-state index contributed by atoms with van der Waals surface area (Å²) < 4.78 is 31.7. The molecule has 0 aliphatic heterocycles. The number of alkyl halides is 2. The van der Waals surface area contributed by atoms with E-state index in [1.165, 1.54) is 12.4 Å². The van der Waals surface area contributed by atoms with E-state index < -0.39 is 23.3 Å². The van der Waals surface area contributed by atoms with Gasteiger partial charge in [0.15, 0.2) is 0 Å². The Labute approximate surface area is 175 Å². The minimum Gasteiger partial charge on any atom is -0.497 e. The van der Waals surface area contributed by atoms with Crippen molar-refractivity contribution in [1.29, 1.82) is 0 Å². The average Bonchev–Trinajstić information content (AvgIpc) is 2.76. The lowest BCUT2D eigenvalue weighted by atomic mass is 9.70. The molecule has 2 atom stereocenters. The molecule has 0 spiro atoms. The van der Waals surface area contributed by atoms with Gasteiger partial charge in [0.25, 0.3) is 12.3 Å². The van der Waals surface area contributed by atoms with E-state index in [9.17, 15) is 18.7 Å². The second-order valence-corrected chi connectivity index (χ2v) is 7.51. The average molecular weight is 419 g/mol. The van der Waals surface area contributed by atoms with Gasteiger partial charge in [0.2, 0.25) is 0 Å². The van der Waals surface area contributed by atoms with Gasteiger partial charge >= 0.3 is 0 Å². The van der Waals surface area contributed by atoms with E-state index in [1.54, 1.807) is 13.2 Å². The van der Waals surface area contributed by atoms with Crippen LogP contribution < -0.4 is 10.2 Å². The van der Waals surface area contributed by atoms with Crippen molar-refractivity contribution in [2.45, 2.75) is 38.7 Å². The molecule has 30 heavy (non-hydrogen) atoms. The zero-order chi connectivity index (χ0) is 22.4. The van der Waals surface area contributed by atoms with Gasteiger partial charge < -0.3 is 9.84 Å². The number of nitrogens with one attached hydrogen (secondary N) is 1. The molecule has 0 fully saturated rings. The minimum absolute atomic E-state index is 0.0723. The van der Waals surface area contributed by atoms with Crippen LogP contribution in [0.25, 0.3) is 17.2 Å². The molecule has 0 unspecified atom stereocenters. The number of carbonyl (C=O) groups excluding carboxylic acids is 1. The highest BCUT2D eigenvalue weighted by atomic mass is 19.3. The van der Waals surface area contributed by atoms with Crippen molar-refractivity contribution in [2.24, 2.45) is 5.41 Å². The molecule has 0 radical (unpaired) electrons. The van der Waals surface area contributed by atoms with Crippen LogP contribution >= 0.6 is 0 Å². The van der Waals surface area contributed by atoms with Crippen molar-refractivity contribution in [1.82, 2.24) is 5.48 Å². The lowest BCUT2D eigenvalue weighted by molar-refractivity contribution is -0.182. The number of rotatable bonds is 9. The third kappa shape index (κ3) is 5.04. The Hall–Kier alpha value is -2.77. The number of hydrogen-bond acceptors (Lipinski definition) is 4. The van der Waals surface area contributed by atoms with Crippen molar-refractivity contribution >= 4 is 12.0 Å². The second kappa shape index (κ2) is 9.82. The molecule has 0 aliphatic carbocycles. The summed E-state index contributed by atoms with van der Waals surface area (Å²) in [6, 6.07) is 15.5. The molecule has 162 valence electrons. The molecule has 0 aliphatic rings. The van der Waals surface area contributed by atoms with Gasteiger partial charge in [-0.1, -0.05) is 48.6 Å². The van der Waals surface area contributed by atoms with Crippen LogP contribution in [-0.2, 0) is 4.79 Å². The largest absolute Gasteiger partial charge is 0.497 e. The van der Waals surface area contributed by atoms with E-state index in [2.05, 4.69) is 0 Å². The summed E-state index contributed by atoms with van der Waals surface area (Å²) in [5.74, 6) is -0.268. The first-order valence-corrected chi connectivity index (χ1v) is 9.52. The second-order valence-electron chi connectivity index (χ2n) is 7.51. The molecule has 0 heterocycles. The van der Waals surface area contributed by atoms with Crippen LogP contribution in [0.5, 0.6) is 5.75 Å². The Balaban J connectivity index is 2.05.